The summed E-state index contributed by atoms with van der Waals surface area (Å²) < 4.78 is 10.8. The molecular weight excluding hydrogens is 578 g/mol. The van der Waals surface area contributed by atoms with E-state index in [0.717, 1.165) is 24.8 Å². The number of ether oxygens (including phenoxy) is 2. The second kappa shape index (κ2) is 23.0. The number of Topliss-reactive ketones (excluding diaryl/α,β-unsaturated/α-hetero) is 2. The van der Waals surface area contributed by atoms with Gasteiger partial charge in [-0.3, -0.25) is 19.2 Å². The Morgan fingerprint density at radius 1 is 0.911 bits per heavy atom. The Labute approximate surface area is 270 Å². The standard InChI is InChI=1S/C35H59NO9/c1-6-11-33-34(42)36-22-29(38)21-32(41)31(40)19-18-27(23-44-5)14-8-12-26(7-2)13-9-15-28(37)16-10-17-30(39)24(3)20-25(4)35(43)45-33/h8,12,14,24-26,29,31-33,38,40-41H,6-7,9-11,13,15-23H2,1-5H3,(H,36,42)/b12-8+,27-14-/t24-,25-,26-,29-,31+,32-,33?/m0/s1. The van der Waals surface area contributed by atoms with Crippen molar-refractivity contribution in [3.05, 3.63) is 23.8 Å². The number of ketones is 2. The Bertz CT molecular complexity index is 963. The number of carbonyl (C=O) groups excluding carboxylic acids is 4. The SMILES string of the molecule is CCCC1OC(=O)[C@@H](C)C[C@H](C)C(=O)CCCC(=O)CCC[C@@H](CC)/C=C/C=C(\COC)CC[C@@H](O)[C@@H](O)C[C@H](O)CNC1=O. The third-order valence-electron chi connectivity index (χ3n) is 8.47. The summed E-state index contributed by atoms with van der Waals surface area (Å²) >= 11 is 0. The summed E-state index contributed by atoms with van der Waals surface area (Å²) in [4.78, 5) is 50.8. The highest BCUT2D eigenvalue weighted by atomic mass is 16.5. The molecule has 0 radical (unpaired) electrons. The van der Waals surface area contributed by atoms with Gasteiger partial charge in [-0.25, -0.2) is 0 Å². The van der Waals surface area contributed by atoms with Crippen molar-refractivity contribution in [3.8, 4) is 0 Å². The van der Waals surface area contributed by atoms with Crippen molar-refractivity contribution >= 4 is 23.4 Å². The third kappa shape index (κ3) is 17.2. The average molecular weight is 638 g/mol. The first kappa shape index (κ1) is 40.6. The summed E-state index contributed by atoms with van der Waals surface area (Å²) in [6.45, 7) is 7.58. The van der Waals surface area contributed by atoms with E-state index in [2.05, 4.69) is 18.3 Å². The predicted octanol–water partition coefficient (Wildman–Crippen LogP) is 4.38. The van der Waals surface area contributed by atoms with Gasteiger partial charge in [0.05, 0.1) is 30.8 Å². The van der Waals surface area contributed by atoms with Gasteiger partial charge >= 0.3 is 5.97 Å². The van der Waals surface area contributed by atoms with Gasteiger partial charge in [0.25, 0.3) is 5.91 Å². The van der Waals surface area contributed by atoms with E-state index in [4.69, 9.17) is 9.47 Å². The van der Waals surface area contributed by atoms with E-state index in [0.29, 0.717) is 44.6 Å². The van der Waals surface area contributed by atoms with Gasteiger partial charge in [-0.15, -0.1) is 0 Å². The number of nitrogens with one attached hydrogen (secondary N) is 1. The van der Waals surface area contributed by atoms with Crippen molar-refractivity contribution in [3.63, 3.8) is 0 Å². The minimum absolute atomic E-state index is 0.00293. The van der Waals surface area contributed by atoms with Crippen LogP contribution in [0.15, 0.2) is 23.8 Å². The topological polar surface area (TPSA) is 159 Å². The van der Waals surface area contributed by atoms with Gasteiger partial charge in [-0.2, -0.15) is 0 Å². The van der Waals surface area contributed by atoms with E-state index >= 15 is 0 Å². The molecule has 1 aliphatic rings. The van der Waals surface area contributed by atoms with Crippen molar-refractivity contribution in [1.29, 1.82) is 0 Å². The maximum Gasteiger partial charge on any atom is 0.309 e. The number of aliphatic hydroxyl groups excluding tert-OH is 3. The van der Waals surface area contributed by atoms with Crippen LogP contribution in [0.25, 0.3) is 0 Å². The van der Waals surface area contributed by atoms with Crippen LogP contribution >= 0.6 is 0 Å². The molecule has 0 aromatic carbocycles. The van der Waals surface area contributed by atoms with Crippen LogP contribution in [-0.4, -0.2) is 83.4 Å². The summed E-state index contributed by atoms with van der Waals surface area (Å²) in [7, 11) is 1.59. The number of hydrogen-bond donors (Lipinski definition) is 4. The van der Waals surface area contributed by atoms with Crippen LogP contribution in [0.4, 0.5) is 0 Å². The molecule has 0 aromatic heterocycles. The number of amides is 1. The van der Waals surface area contributed by atoms with Crippen LogP contribution in [0.1, 0.15) is 111 Å². The molecule has 0 fully saturated rings. The van der Waals surface area contributed by atoms with Gasteiger partial charge in [0, 0.05) is 45.3 Å². The summed E-state index contributed by atoms with van der Waals surface area (Å²) in [5.74, 6) is -1.67. The van der Waals surface area contributed by atoms with E-state index in [1.165, 1.54) is 0 Å². The molecule has 4 N–H and O–H groups in total. The second-order valence-electron chi connectivity index (χ2n) is 12.6. The normalized spacial score (nSPS) is 32.4. The Hall–Kier alpha value is -2.40. The zero-order valence-electron chi connectivity index (χ0n) is 28.2. The maximum atomic E-state index is 12.8. The first-order valence-electron chi connectivity index (χ1n) is 16.8. The van der Waals surface area contributed by atoms with Gasteiger partial charge in [-0.1, -0.05) is 52.3 Å². The van der Waals surface area contributed by atoms with Gasteiger partial charge in [0.1, 0.15) is 11.6 Å². The maximum absolute atomic E-state index is 12.8. The highest BCUT2D eigenvalue weighted by Crippen LogP contribution is 2.20. The minimum atomic E-state index is -1.20. The average Bonchev–Trinajstić information content (AvgIpc) is 3.00. The molecule has 0 bridgehead atoms. The number of cyclic esters (lactones) is 1. The fraction of sp³-hybridized carbons (Fsp3) is 0.771. The Morgan fingerprint density at radius 3 is 2.29 bits per heavy atom. The lowest BCUT2D eigenvalue weighted by atomic mass is 9.91. The van der Waals surface area contributed by atoms with Gasteiger partial charge in [0.15, 0.2) is 6.10 Å². The molecule has 0 saturated heterocycles. The molecule has 10 heteroatoms. The molecule has 10 nitrogen and oxygen atoms in total. The molecule has 258 valence electrons. The second-order valence-corrected chi connectivity index (χ2v) is 12.6. The summed E-state index contributed by atoms with van der Waals surface area (Å²) in [5, 5.41) is 34.1. The molecule has 0 aliphatic carbocycles. The predicted molar refractivity (Wildman–Crippen MR) is 173 cm³/mol. The van der Waals surface area contributed by atoms with E-state index in [1.54, 1.807) is 21.0 Å². The number of hydrogen-bond acceptors (Lipinski definition) is 9. The Morgan fingerprint density at radius 2 is 1.62 bits per heavy atom. The van der Waals surface area contributed by atoms with Crippen molar-refractivity contribution in [2.75, 3.05) is 20.3 Å². The first-order valence-corrected chi connectivity index (χ1v) is 16.8. The smallest absolute Gasteiger partial charge is 0.309 e. The zero-order chi connectivity index (χ0) is 33.8. The first-order chi connectivity index (χ1) is 21.4. The molecule has 0 saturated carbocycles. The van der Waals surface area contributed by atoms with E-state index in [-0.39, 0.29) is 56.1 Å². The fourth-order valence-electron chi connectivity index (χ4n) is 5.46. The van der Waals surface area contributed by atoms with Crippen LogP contribution in [0.2, 0.25) is 0 Å². The van der Waals surface area contributed by atoms with Crippen molar-refractivity contribution in [2.24, 2.45) is 17.8 Å². The number of allylic oxidation sites excluding steroid dienone is 3. The van der Waals surface area contributed by atoms with E-state index in [9.17, 15) is 34.5 Å². The number of carbonyl (C=O) groups is 4. The van der Waals surface area contributed by atoms with Crippen LogP contribution < -0.4 is 5.32 Å². The largest absolute Gasteiger partial charge is 0.452 e. The molecule has 1 amide bonds. The molecule has 1 unspecified atom stereocenters. The zero-order valence-corrected chi connectivity index (χ0v) is 28.2. The van der Waals surface area contributed by atoms with Crippen LogP contribution in [0, 0.1) is 17.8 Å². The summed E-state index contributed by atoms with van der Waals surface area (Å²) in [5.41, 5.74) is 0.945. The van der Waals surface area contributed by atoms with Gasteiger partial charge in [0.2, 0.25) is 0 Å². The quantitative estimate of drug-likeness (QED) is 0.321. The number of aliphatic hydroxyl groups is 3. The summed E-state index contributed by atoms with van der Waals surface area (Å²) in [6, 6.07) is 0. The number of β-amino-alcohol motifs (C(OH)–C–C–N with tert-alkyl or cyclic N) is 1. The minimum Gasteiger partial charge on any atom is -0.452 e. The molecule has 1 aliphatic heterocycles. The number of methoxy groups -OCH3 is 1. The molecule has 1 rings (SSSR count). The monoisotopic (exact) mass is 637 g/mol. The lowest BCUT2D eigenvalue weighted by Gasteiger charge is -2.23. The summed E-state index contributed by atoms with van der Waals surface area (Å²) in [6.07, 6.45) is 7.51. The lowest BCUT2D eigenvalue weighted by molar-refractivity contribution is -0.160. The van der Waals surface area contributed by atoms with Gasteiger partial charge < -0.3 is 30.1 Å². The van der Waals surface area contributed by atoms with Crippen LogP contribution in [0.5, 0.6) is 0 Å². The van der Waals surface area contributed by atoms with Crippen molar-refractivity contribution in [1.82, 2.24) is 5.32 Å². The number of rotatable bonds is 5. The van der Waals surface area contributed by atoms with E-state index in [1.807, 2.05) is 19.1 Å². The molecular formula is C35H59NO9. The van der Waals surface area contributed by atoms with Crippen LogP contribution in [0.3, 0.4) is 0 Å². The van der Waals surface area contributed by atoms with Crippen molar-refractivity contribution in [2.45, 2.75) is 136 Å². The molecule has 1 heterocycles. The van der Waals surface area contributed by atoms with Crippen LogP contribution in [-0.2, 0) is 28.7 Å². The van der Waals surface area contributed by atoms with E-state index < -0.39 is 42.2 Å². The number of esters is 1. The highest BCUT2D eigenvalue weighted by Gasteiger charge is 2.28. The fourth-order valence-corrected chi connectivity index (χ4v) is 5.46. The van der Waals surface area contributed by atoms with Crippen molar-refractivity contribution < 1.29 is 44.0 Å². The van der Waals surface area contributed by atoms with Gasteiger partial charge in [-0.05, 0) is 62.9 Å². The Kier molecular flexibility index (Phi) is 20.8. The third-order valence-corrected chi connectivity index (χ3v) is 8.47. The molecule has 7 atom stereocenters. The molecule has 0 spiro atoms. The molecule has 45 heavy (non-hydrogen) atoms. The Balaban J connectivity index is 3.02. The molecule has 0 aromatic rings. The lowest BCUT2D eigenvalue weighted by Crippen LogP contribution is -2.43. The highest BCUT2D eigenvalue weighted by molar-refractivity contribution is 5.85.